The summed E-state index contributed by atoms with van der Waals surface area (Å²) in [6, 6.07) is 8.95. The van der Waals surface area contributed by atoms with Crippen LogP contribution in [0.5, 0.6) is 0 Å². The van der Waals surface area contributed by atoms with Crippen molar-refractivity contribution in [1.29, 1.82) is 0 Å². The van der Waals surface area contributed by atoms with Gasteiger partial charge in [0, 0.05) is 0 Å². The highest BCUT2D eigenvalue weighted by Gasteiger charge is 2.15. The second-order valence-electron chi connectivity index (χ2n) is 5.01. The normalized spacial score (nSPS) is 12.7. The van der Waals surface area contributed by atoms with Gasteiger partial charge in [0.05, 0.1) is 12.3 Å². The van der Waals surface area contributed by atoms with Crippen LogP contribution >= 0.6 is 0 Å². The lowest BCUT2D eigenvalue weighted by Crippen LogP contribution is -2.19. The fourth-order valence-corrected chi connectivity index (χ4v) is 2.49. The molecule has 0 bridgehead atoms. The summed E-state index contributed by atoms with van der Waals surface area (Å²) in [5.41, 5.74) is 5.19. The Kier molecular flexibility index (Phi) is 3.87. The molecule has 0 aliphatic carbocycles. The molecule has 1 aromatic heterocycles. The largest absolute Gasteiger partial charge is 0.467 e. The van der Waals surface area contributed by atoms with E-state index in [1.807, 2.05) is 13.1 Å². The Morgan fingerprint density at radius 1 is 1.11 bits per heavy atom. The summed E-state index contributed by atoms with van der Waals surface area (Å²) in [6.45, 7) is 6.37. The lowest BCUT2D eigenvalue weighted by molar-refractivity contribution is 0.426. The molecule has 2 rings (SSSR count). The third-order valence-electron chi connectivity index (χ3n) is 3.29. The van der Waals surface area contributed by atoms with Crippen molar-refractivity contribution in [1.82, 2.24) is 5.32 Å². The fourth-order valence-electron chi connectivity index (χ4n) is 2.49. The Morgan fingerprint density at radius 2 is 1.78 bits per heavy atom. The highest BCUT2D eigenvalue weighted by Crippen LogP contribution is 2.23. The van der Waals surface area contributed by atoms with Gasteiger partial charge in [-0.15, -0.1) is 0 Å². The van der Waals surface area contributed by atoms with Gasteiger partial charge >= 0.3 is 0 Å². The number of rotatable bonds is 4. The summed E-state index contributed by atoms with van der Waals surface area (Å²) in [7, 11) is 1.98. The molecule has 96 valence electrons. The lowest BCUT2D eigenvalue weighted by Gasteiger charge is -2.15. The van der Waals surface area contributed by atoms with Crippen LogP contribution in [0.25, 0.3) is 0 Å². The fraction of sp³-hybridized carbons (Fsp3) is 0.375. The van der Waals surface area contributed by atoms with Gasteiger partial charge in [0.2, 0.25) is 0 Å². The minimum atomic E-state index is 0.237. The SMILES string of the molecule is CNC(Cc1cc(C)cc(C)c1)c1occc1C. The number of nitrogens with one attached hydrogen (secondary N) is 1. The first-order chi connectivity index (χ1) is 8.60. The summed E-state index contributed by atoms with van der Waals surface area (Å²) in [5.74, 6) is 1.04. The van der Waals surface area contributed by atoms with Gasteiger partial charge in [-0.1, -0.05) is 29.3 Å². The molecule has 1 heterocycles. The van der Waals surface area contributed by atoms with Crippen molar-refractivity contribution in [3.8, 4) is 0 Å². The summed E-state index contributed by atoms with van der Waals surface area (Å²) in [6.07, 6.45) is 2.71. The van der Waals surface area contributed by atoms with E-state index in [1.54, 1.807) is 6.26 Å². The predicted octanol–water partition coefficient (Wildman–Crippen LogP) is 3.71. The Hall–Kier alpha value is -1.54. The number of likely N-dealkylation sites (N-methyl/N-ethyl adjacent to an activating group) is 1. The van der Waals surface area contributed by atoms with Crippen molar-refractivity contribution in [2.24, 2.45) is 0 Å². The Balaban J connectivity index is 2.23. The molecule has 0 fully saturated rings. The van der Waals surface area contributed by atoms with E-state index >= 15 is 0 Å². The molecule has 0 spiro atoms. The highest BCUT2D eigenvalue weighted by atomic mass is 16.3. The van der Waals surface area contributed by atoms with Gasteiger partial charge in [0.1, 0.15) is 5.76 Å². The molecule has 0 amide bonds. The average molecular weight is 243 g/mol. The van der Waals surface area contributed by atoms with E-state index < -0.39 is 0 Å². The van der Waals surface area contributed by atoms with Gasteiger partial charge in [-0.2, -0.15) is 0 Å². The number of benzene rings is 1. The van der Waals surface area contributed by atoms with Gasteiger partial charge in [-0.3, -0.25) is 0 Å². The van der Waals surface area contributed by atoms with Crippen molar-refractivity contribution in [3.63, 3.8) is 0 Å². The van der Waals surface area contributed by atoms with Crippen LogP contribution in [0.2, 0.25) is 0 Å². The van der Waals surface area contributed by atoms with Crippen LogP contribution in [0, 0.1) is 20.8 Å². The van der Waals surface area contributed by atoms with Gasteiger partial charge in [0.25, 0.3) is 0 Å². The van der Waals surface area contributed by atoms with Crippen LogP contribution in [0.15, 0.2) is 34.9 Å². The third-order valence-corrected chi connectivity index (χ3v) is 3.29. The molecule has 1 N–H and O–H groups in total. The molecule has 0 aliphatic heterocycles. The minimum absolute atomic E-state index is 0.237. The molecule has 2 heteroatoms. The number of hydrogen-bond donors (Lipinski definition) is 1. The quantitative estimate of drug-likeness (QED) is 0.885. The molecular formula is C16H21NO. The Bertz CT molecular complexity index is 507. The van der Waals surface area contributed by atoms with Crippen LogP contribution in [-0.2, 0) is 6.42 Å². The van der Waals surface area contributed by atoms with Crippen molar-refractivity contribution < 1.29 is 4.42 Å². The molecule has 2 nitrogen and oxygen atoms in total. The van der Waals surface area contributed by atoms with Crippen LogP contribution in [0.4, 0.5) is 0 Å². The summed E-state index contributed by atoms with van der Waals surface area (Å²) < 4.78 is 5.59. The summed E-state index contributed by atoms with van der Waals surface area (Å²) in [5, 5.41) is 3.34. The van der Waals surface area contributed by atoms with Crippen LogP contribution in [0.3, 0.4) is 0 Å². The van der Waals surface area contributed by atoms with E-state index in [1.165, 1.54) is 22.3 Å². The Labute approximate surface area is 109 Å². The molecule has 1 atom stereocenters. The van der Waals surface area contributed by atoms with E-state index in [4.69, 9.17) is 4.42 Å². The first-order valence-corrected chi connectivity index (χ1v) is 6.38. The van der Waals surface area contributed by atoms with Gasteiger partial charge in [-0.25, -0.2) is 0 Å². The molecule has 0 radical (unpaired) electrons. The Morgan fingerprint density at radius 3 is 2.28 bits per heavy atom. The molecule has 0 saturated carbocycles. The summed E-state index contributed by atoms with van der Waals surface area (Å²) in [4.78, 5) is 0. The monoisotopic (exact) mass is 243 g/mol. The lowest BCUT2D eigenvalue weighted by atomic mass is 9.99. The molecular weight excluding hydrogens is 222 g/mol. The molecule has 18 heavy (non-hydrogen) atoms. The van der Waals surface area contributed by atoms with E-state index in [9.17, 15) is 0 Å². The number of furan rings is 1. The van der Waals surface area contributed by atoms with Crippen LogP contribution in [-0.4, -0.2) is 7.05 Å². The first-order valence-electron chi connectivity index (χ1n) is 6.38. The smallest absolute Gasteiger partial charge is 0.123 e. The van der Waals surface area contributed by atoms with Crippen molar-refractivity contribution >= 4 is 0 Å². The first kappa shape index (κ1) is 12.9. The zero-order valence-electron chi connectivity index (χ0n) is 11.6. The minimum Gasteiger partial charge on any atom is -0.467 e. The second-order valence-corrected chi connectivity index (χ2v) is 5.01. The molecule has 0 aliphatic rings. The standard InChI is InChI=1S/C16H21NO/c1-11-7-12(2)9-14(8-11)10-15(17-4)16-13(3)5-6-18-16/h5-9,15,17H,10H2,1-4H3. The molecule has 1 unspecified atom stereocenters. The van der Waals surface area contributed by atoms with Crippen LogP contribution < -0.4 is 5.32 Å². The van der Waals surface area contributed by atoms with Crippen molar-refractivity contribution in [2.45, 2.75) is 33.2 Å². The van der Waals surface area contributed by atoms with E-state index in [2.05, 4.69) is 44.3 Å². The highest BCUT2D eigenvalue weighted by molar-refractivity contribution is 5.30. The predicted molar refractivity (Wildman–Crippen MR) is 74.9 cm³/mol. The van der Waals surface area contributed by atoms with E-state index in [0.29, 0.717) is 0 Å². The van der Waals surface area contributed by atoms with E-state index in [0.717, 1.165) is 12.2 Å². The van der Waals surface area contributed by atoms with Gasteiger partial charge < -0.3 is 9.73 Å². The molecule has 0 saturated heterocycles. The van der Waals surface area contributed by atoms with Gasteiger partial charge in [-0.05, 0) is 51.4 Å². The zero-order valence-corrected chi connectivity index (χ0v) is 11.6. The summed E-state index contributed by atoms with van der Waals surface area (Å²) >= 11 is 0. The maximum Gasteiger partial charge on any atom is 0.123 e. The second kappa shape index (κ2) is 5.40. The molecule has 1 aromatic carbocycles. The topological polar surface area (TPSA) is 25.2 Å². The van der Waals surface area contributed by atoms with Crippen molar-refractivity contribution in [2.75, 3.05) is 7.05 Å². The van der Waals surface area contributed by atoms with Crippen molar-refractivity contribution in [3.05, 3.63) is 58.5 Å². The van der Waals surface area contributed by atoms with Crippen LogP contribution in [0.1, 0.15) is 34.1 Å². The zero-order chi connectivity index (χ0) is 13.1. The third kappa shape index (κ3) is 2.82. The molecule has 2 aromatic rings. The van der Waals surface area contributed by atoms with Gasteiger partial charge in [0.15, 0.2) is 0 Å². The maximum absolute atomic E-state index is 5.59. The number of hydrogen-bond acceptors (Lipinski definition) is 2. The average Bonchev–Trinajstić information content (AvgIpc) is 2.71. The van der Waals surface area contributed by atoms with E-state index in [-0.39, 0.29) is 6.04 Å². The number of aryl methyl sites for hydroxylation is 3. The maximum atomic E-state index is 5.59.